The van der Waals surface area contributed by atoms with Gasteiger partial charge in [-0.05, 0) is 37.3 Å². The molecule has 1 heterocycles. The lowest BCUT2D eigenvalue weighted by atomic mass is 9.78. The van der Waals surface area contributed by atoms with Gasteiger partial charge in [-0.1, -0.05) is 61.3 Å². The van der Waals surface area contributed by atoms with E-state index < -0.39 is 0 Å². The van der Waals surface area contributed by atoms with Crippen LogP contribution in [0.3, 0.4) is 0 Å². The Bertz CT molecular complexity index is 545. The number of amidine groups is 1. The van der Waals surface area contributed by atoms with Gasteiger partial charge < -0.3 is 5.32 Å². The van der Waals surface area contributed by atoms with Crippen molar-refractivity contribution in [1.82, 2.24) is 5.32 Å². The molecular formula is C17H23ClN2S. The van der Waals surface area contributed by atoms with Gasteiger partial charge in [-0.3, -0.25) is 4.99 Å². The molecule has 2 fully saturated rings. The highest BCUT2D eigenvalue weighted by atomic mass is 35.5. The summed E-state index contributed by atoms with van der Waals surface area (Å²) in [5.74, 6) is 1.98. The lowest BCUT2D eigenvalue weighted by molar-refractivity contribution is 0.242. The molecule has 3 atom stereocenters. The summed E-state index contributed by atoms with van der Waals surface area (Å²) >= 11 is 8.14. The van der Waals surface area contributed by atoms with Crippen LogP contribution in [0, 0.1) is 5.92 Å². The van der Waals surface area contributed by atoms with Gasteiger partial charge in [0.1, 0.15) is 0 Å². The molecule has 4 heteroatoms. The highest BCUT2D eigenvalue weighted by molar-refractivity contribution is 8.14. The zero-order valence-corrected chi connectivity index (χ0v) is 14.3. The van der Waals surface area contributed by atoms with Crippen molar-refractivity contribution in [2.24, 2.45) is 10.9 Å². The van der Waals surface area contributed by atoms with E-state index >= 15 is 0 Å². The predicted octanol–water partition coefficient (Wildman–Crippen LogP) is 5.04. The molecule has 0 radical (unpaired) electrons. The van der Waals surface area contributed by atoms with Crippen molar-refractivity contribution in [3.63, 3.8) is 0 Å². The molecule has 1 aliphatic carbocycles. The van der Waals surface area contributed by atoms with Crippen LogP contribution in [0.4, 0.5) is 0 Å². The van der Waals surface area contributed by atoms with Crippen molar-refractivity contribution in [3.8, 4) is 0 Å². The number of nitrogens with zero attached hydrogens (tertiary/aromatic N) is 1. The highest BCUT2D eigenvalue weighted by Gasteiger charge is 2.40. The minimum absolute atomic E-state index is 0.102. The SMILES string of the molecule is CC1CCCC2(CSC(=NC(C)c3ccccc3Cl)N2)C1. The molecule has 1 aromatic rings. The van der Waals surface area contributed by atoms with Crippen molar-refractivity contribution in [2.45, 2.75) is 51.1 Å². The summed E-state index contributed by atoms with van der Waals surface area (Å²) in [6.07, 6.45) is 5.27. The zero-order valence-electron chi connectivity index (χ0n) is 12.7. The Morgan fingerprint density at radius 3 is 3.00 bits per heavy atom. The highest BCUT2D eigenvalue weighted by Crippen LogP contribution is 2.39. The van der Waals surface area contributed by atoms with Crippen LogP contribution in [-0.2, 0) is 0 Å². The fourth-order valence-corrected chi connectivity index (χ4v) is 5.10. The summed E-state index contributed by atoms with van der Waals surface area (Å²) in [4.78, 5) is 4.87. The Labute approximate surface area is 136 Å². The second kappa shape index (κ2) is 6.21. The fraction of sp³-hybridized carbons (Fsp3) is 0.588. The van der Waals surface area contributed by atoms with Gasteiger partial charge in [-0.15, -0.1) is 0 Å². The first-order chi connectivity index (χ1) is 10.1. The minimum atomic E-state index is 0.102. The molecule has 114 valence electrons. The van der Waals surface area contributed by atoms with Crippen LogP contribution in [0.1, 0.15) is 51.1 Å². The van der Waals surface area contributed by atoms with E-state index in [0.29, 0.717) is 5.54 Å². The van der Waals surface area contributed by atoms with Crippen LogP contribution in [0.2, 0.25) is 5.02 Å². The Balaban J connectivity index is 1.72. The zero-order chi connectivity index (χ0) is 14.9. The number of hydrogen-bond acceptors (Lipinski definition) is 2. The van der Waals surface area contributed by atoms with E-state index in [2.05, 4.69) is 25.2 Å². The lowest BCUT2D eigenvalue weighted by Gasteiger charge is -2.36. The standard InChI is InChI=1S/C17H23ClN2S/c1-12-6-5-9-17(10-12)11-21-16(20-17)19-13(2)14-7-3-4-8-15(14)18/h3-4,7-8,12-13H,5-6,9-11H2,1-2H3,(H,19,20). The number of halogens is 1. The monoisotopic (exact) mass is 322 g/mol. The Morgan fingerprint density at radius 2 is 2.24 bits per heavy atom. The number of thioether (sulfide) groups is 1. The number of nitrogens with one attached hydrogen (secondary N) is 1. The third-order valence-corrected chi connectivity index (χ3v) is 6.14. The summed E-state index contributed by atoms with van der Waals surface area (Å²) in [6, 6.07) is 8.09. The van der Waals surface area contributed by atoms with E-state index in [9.17, 15) is 0 Å². The molecule has 2 nitrogen and oxygen atoms in total. The molecule has 1 N–H and O–H groups in total. The molecule has 1 aliphatic heterocycles. The normalized spacial score (nSPS) is 32.3. The smallest absolute Gasteiger partial charge is 0.157 e. The van der Waals surface area contributed by atoms with Gasteiger partial charge in [0.15, 0.2) is 5.17 Å². The van der Waals surface area contributed by atoms with Crippen LogP contribution in [0.25, 0.3) is 0 Å². The maximum Gasteiger partial charge on any atom is 0.157 e. The van der Waals surface area contributed by atoms with E-state index in [-0.39, 0.29) is 6.04 Å². The molecule has 0 amide bonds. The van der Waals surface area contributed by atoms with Gasteiger partial charge in [-0.2, -0.15) is 0 Å². The molecular weight excluding hydrogens is 300 g/mol. The van der Waals surface area contributed by atoms with Gasteiger partial charge in [-0.25, -0.2) is 0 Å². The van der Waals surface area contributed by atoms with Crippen LogP contribution in [-0.4, -0.2) is 16.5 Å². The van der Waals surface area contributed by atoms with Gasteiger partial charge in [0.25, 0.3) is 0 Å². The van der Waals surface area contributed by atoms with Gasteiger partial charge in [0, 0.05) is 16.3 Å². The lowest BCUT2D eigenvalue weighted by Crippen LogP contribution is -2.47. The van der Waals surface area contributed by atoms with Crippen molar-refractivity contribution < 1.29 is 0 Å². The molecule has 1 saturated carbocycles. The third-order valence-electron chi connectivity index (χ3n) is 4.61. The summed E-state index contributed by atoms with van der Waals surface area (Å²) in [7, 11) is 0. The third kappa shape index (κ3) is 3.40. The summed E-state index contributed by atoms with van der Waals surface area (Å²) in [5.41, 5.74) is 1.40. The minimum Gasteiger partial charge on any atom is -0.359 e. The number of aliphatic imine (C=N–C) groups is 1. The van der Waals surface area contributed by atoms with Crippen molar-refractivity contribution in [1.29, 1.82) is 0 Å². The number of benzene rings is 1. The predicted molar refractivity (Wildman–Crippen MR) is 93.3 cm³/mol. The average molecular weight is 323 g/mol. The molecule has 0 bridgehead atoms. The molecule has 0 aromatic heterocycles. The molecule has 2 aliphatic rings. The summed E-state index contributed by atoms with van der Waals surface area (Å²) < 4.78 is 0. The molecule has 1 saturated heterocycles. The van der Waals surface area contributed by atoms with Crippen molar-refractivity contribution in [2.75, 3.05) is 5.75 Å². The van der Waals surface area contributed by atoms with Crippen LogP contribution in [0.5, 0.6) is 0 Å². The Hall–Kier alpha value is -0.670. The first-order valence-electron chi connectivity index (χ1n) is 7.81. The second-order valence-corrected chi connectivity index (χ2v) is 7.90. The van der Waals surface area contributed by atoms with E-state index in [4.69, 9.17) is 16.6 Å². The Morgan fingerprint density at radius 1 is 1.43 bits per heavy atom. The molecule has 1 aromatic carbocycles. The molecule has 3 unspecified atom stereocenters. The van der Waals surface area contributed by atoms with Gasteiger partial charge in [0.05, 0.1) is 6.04 Å². The largest absolute Gasteiger partial charge is 0.359 e. The van der Waals surface area contributed by atoms with E-state index in [1.165, 1.54) is 25.7 Å². The quantitative estimate of drug-likeness (QED) is 0.824. The van der Waals surface area contributed by atoms with Crippen molar-refractivity contribution in [3.05, 3.63) is 34.9 Å². The molecule has 3 rings (SSSR count). The number of hydrogen-bond donors (Lipinski definition) is 1. The van der Waals surface area contributed by atoms with Crippen LogP contribution in [0.15, 0.2) is 29.3 Å². The first-order valence-corrected chi connectivity index (χ1v) is 9.18. The maximum absolute atomic E-state index is 6.27. The fourth-order valence-electron chi connectivity index (χ4n) is 3.54. The van der Waals surface area contributed by atoms with Gasteiger partial charge >= 0.3 is 0 Å². The number of rotatable bonds is 2. The van der Waals surface area contributed by atoms with Crippen LogP contribution < -0.4 is 5.32 Å². The van der Waals surface area contributed by atoms with E-state index in [0.717, 1.165) is 27.4 Å². The molecule has 1 spiro atoms. The Kier molecular flexibility index (Phi) is 4.51. The maximum atomic E-state index is 6.27. The second-order valence-electron chi connectivity index (χ2n) is 6.53. The molecule has 21 heavy (non-hydrogen) atoms. The van der Waals surface area contributed by atoms with E-state index in [1.807, 2.05) is 30.0 Å². The topological polar surface area (TPSA) is 24.4 Å². The summed E-state index contributed by atoms with van der Waals surface area (Å²) in [5, 5.41) is 5.62. The van der Waals surface area contributed by atoms with Crippen LogP contribution >= 0.6 is 23.4 Å². The van der Waals surface area contributed by atoms with E-state index in [1.54, 1.807) is 0 Å². The summed E-state index contributed by atoms with van der Waals surface area (Å²) in [6.45, 7) is 4.49. The average Bonchev–Trinajstić information content (AvgIpc) is 2.81. The van der Waals surface area contributed by atoms with Gasteiger partial charge in [0.2, 0.25) is 0 Å². The van der Waals surface area contributed by atoms with Crippen molar-refractivity contribution >= 4 is 28.5 Å². The first kappa shape index (κ1) is 15.2.